The van der Waals surface area contributed by atoms with Crippen molar-refractivity contribution in [3.8, 4) is 0 Å². The number of carbonyl (C=O) groups excluding carboxylic acids is 1. The summed E-state index contributed by atoms with van der Waals surface area (Å²) < 4.78 is 92.4. The maximum absolute atomic E-state index is 14.1. The molecule has 0 aliphatic rings. The van der Waals surface area contributed by atoms with E-state index >= 15 is 0 Å². The Kier molecular flexibility index (Phi) is 10.0. The molecule has 2 N–H and O–H groups in total. The van der Waals surface area contributed by atoms with E-state index in [0.717, 1.165) is 30.5 Å². The number of anilines is 1. The molecule has 0 saturated carbocycles. The Morgan fingerprint density at radius 3 is 1.92 bits per heavy atom. The summed E-state index contributed by atoms with van der Waals surface area (Å²) in [7, 11) is -3.87. The Morgan fingerprint density at radius 2 is 1.47 bits per heavy atom. The first-order chi connectivity index (χ1) is 16.7. The number of nitrogens with one attached hydrogen (secondary N) is 2. The van der Waals surface area contributed by atoms with Gasteiger partial charge in [-0.2, -0.15) is 13.2 Å². The van der Waals surface area contributed by atoms with Crippen LogP contribution in [-0.2, 0) is 40.3 Å². The number of carbonyl (C=O) groups is 1. The highest BCUT2D eigenvalue weighted by atomic mass is 32.2. The molecule has 11 heteroatoms. The lowest BCUT2D eigenvalue weighted by molar-refractivity contribution is -0.137. The van der Waals surface area contributed by atoms with Crippen LogP contribution in [0.1, 0.15) is 54.5 Å². The van der Waals surface area contributed by atoms with Crippen LogP contribution in [0.25, 0.3) is 6.08 Å². The summed E-state index contributed by atoms with van der Waals surface area (Å²) in [5, 5.41) is 2.57. The number of hydrogen-bond acceptors (Lipinski definition) is 3. The van der Waals surface area contributed by atoms with Gasteiger partial charge < -0.3 is 5.32 Å². The lowest BCUT2D eigenvalue weighted by Gasteiger charge is -2.16. The van der Waals surface area contributed by atoms with Gasteiger partial charge in [0, 0.05) is 12.6 Å². The first-order valence-corrected chi connectivity index (χ1v) is 13.3. The van der Waals surface area contributed by atoms with Crippen molar-refractivity contribution >= 4 is 27.7 Å². The average Bonchev–Trinajstić information content (AvgIpc) is 2.74. The van der Waals surface area contributed by atoms with E-state index in [9.17, 15) is 35.2 Å². The minimum Gasteiger partial charge on any atom is -0.352 e. The van der Waals surface area contributed by atoms with E-state index < -0.39 is 45.0 Å². The van der Waals surface area contributed by atoms with Crippen molar-refractivity contribution in [3.63, 3.8) is 0 Å². The van der Waals surface area contributed by atoms with Gasteiger partial charge in [0.1, 0.15) is 5.69 Å². The van der Waals surface area contributed by atoms with Crippen LogP contribution in [0.3, 0.4) is 0 Å². The predicted octanol–water partition coefficient (Wildman–Crippen LogP) is 5.63. The summed E-state index contributed by atoms with van der Waals surface area (Å²) in [6, 6.07) is 4.17. The zero-order valence-corrected chi connectivity index (χ0v) is 21.0. The molecule has 0 aromatic heterocycles. The molecule has 2 rings (SSSR count). The molecule has 5 nitrogen and oxygen atoms in total. The van der Waals surface area contributed by atoms with Crippen molar-refractivity contribution in [2.45, 2.75) is 52.1 Å². The lowest BCUT2D eigenvalue weighted by Crippen LogP contribution is -2.23. The second-order valence-corrected chi connectivity index (χ2v) is 10.1. The summed E-state index contributed by atoms with van der Waals surface area (Å²) in [5.41, 5.74) is 0.303. The SMILES string of the molecule is CCCc1cc(C(F)(F)F)cc(CCC)c1C=CC(=O)NCCc1cc(F)c(NS(C)(=O)=O)c(F)c1. The van der Waals surface area contributed by atoms with Crippen LogP contribution in [0.15, 0.2) is 30.3 Å². The Morgan fingerprint density at radius 1 is 0.944 bits per heavy atom. The molecular formula is C25H29F5N2O3S. The summed E-state index contributed by atoms with van der Waals surface area (Å²) >= 11 is 0. The number of benzene rings is 2. The molecule has 2 aromatic carbocycles. The van der Waals surface area contributed by atoms with Crippen molar-refractivity contribution in [1.29, 1.82) is 0 Å². The molecule has 0 aliphatic carbocycles. The van der Waals surface area contributed by atoms with Crippen LogP contribution in [0, 0.1) is 11.6 Å². The summed E-state index contributed by atoms with van der Waals surface area (Å²) in [6.07, 6.45) is 1.18. The third-order valence-corrected chi connectivity index (χ3v) is 5.80. The Balaban J connectivity index is 2.14. The van der Waals surface area contributed by atoms with E-state index in [-0.39, 0.29) is 18.5 Å². The van der Waals surface area contributed by atoms with E-state index in [0.29, 0.717) is 42.4 Å². The predicted molar refractivity (Wildman–Crippen MR) is 130 cm³/mol. The van der Waals surface area contributed by atoms with Gasteiger partial charge in [-0.1, -0.05) is 26.7 Å². The van der Waals surface area contributed by atoms with E-state index in [1.165, 1.54) is 12.2 Å². The molecule has 0 unspecified atom stereocenters. The second kappa shape index (κ2) is 12.3. The van der Waals surface area contributed by atoms with Gasteiger partial charge in [0.05, 0.1) is 11.8 Å². The topological polar surface area (TPSA) is 75.3 Å². The van der Waals surface area contributed by atoms with Crippen molar-refractivity contribution in [2.24, 2.45) is 0 Å². The highest BCUT2D eigenvalue weighted by molar-refractivity contribution is 7.92. The zero-order chi connectivity index (χ0) is 27.1. The normalized spacial score (nSPS) is 12.2. The average molecular weight is 533 g/mol. The van der Waals surface area contributed by atoms with Crippen LogP contribution in [0.4, 0.5) is 27.6 Å². The quantitative estimate of drug-likeness (QED) is 0.291. The molecule has 2 aromatic rings. The van der Waals surface area contributed by atoms with Crippen LogP contribution >= 0.6 is 0 Å². The maximum Gasteiger partial charge on any atom is 0.416 e. The Bertz CT molecular complexity index is 1170. The molecule has 0 fully saturated rings. The monoisotopic (exact) mass is 532 g/mol. The smallest absolute Gasteiger partial charge is 0.352 e. The Labute approximate surface area is 207 Å². The maximum atomic E-state index is 14.1. The molecule has 0 atom stereocenters. The number of rotatable bonds is 11. The van der Waals surface area contributed by atoms with Gasteiger partial charge in [0.25, 0.3) is 0 Å². The second-order valence-electron chi connectivity index (χ2n) is 8.39. The number of alkyl halides is 3. The van der Waals surface area contributed by atoms with Crippen molar-refractivity contribution < 1.29 is 35.2 Å². The minimum atomic E-state index is -4.47. The third kappa shape index (κ3) is 8.61. The number of hydrogen-bond donors (Lipinski definition) is 2. The van der Waals surface area contributed by atoms with Crippen molar-refractivity contribution in [2.75, 3.05) is 17.5 Å². The van der Waals surface area contributed by atoms with Crippen LogP contribution in [-0.4, -0.2) is 27.1 Å². The molecular weight excluding hydrogens is 503 g/mol. The highest BCUT2D eigenvalue weighted by Crippen LogP contribution is 2.33. The molecule has 0 bridgehead atoms. The number of amides is 1. The molecule has 0 aliphatic heterocycles. The number of sulfonamides is 1. The Hall–Kier alpha value is -2.95. The van der Waals surface area contributed by atoms with E-state index in [2.05, 4.69) is 5.32 Å². The molecule has 36 heavy (non-hydrogen) atoms. The van der Waals surface area contributed by atoms with Gasteiger partial charge in [-0.25, -0.2) is 17.2 Å². The minimum absolute atomic E-state index is 0.0253. The molecule has 0 heterocycles. The van der Waals surface area contributed by atoms with E-state index in [4.69, 9.17) is 0 Å². The fourth-order valence-corrected chi connectivity index (χ4v) is 4.28. The molecule has 0 saturated heterocycles. The van der Waals surface area contributed by atoms with E-state index in [1.54, 1.807) is 4.72 Å². The van der Waals surface area contributed by atoms with Crippen LogP contribution in [0.5, 0.6) is 0 Å². The van der Waals surface area contributed by atoms with Crippen LogP contribution in [0.2, 0.25) is 0 Å². The largest absolute Gasteiger partial charge is 0.416 e. The lowest BCUT2D eigenvalue weighted by atomic mass is 9.92. The van der Waals surface area contributed by atoms with Gasteiger partial charge in [-0.05, 0) is 71.9 Å². The zero-order valence-electron chi connectivity index (χ0n) is 20.2. The molecule has 0 spiro atoms. The van der Waals surface area contributed by atoms with Gasteiger partial charge in [-0.3, -0.25) is 9.52 Å². The summed E-state index contributed by atoms with van der Waals surface area (Å²) in [6.45, 7) is 3.74. The van der Waals surface area contributed by atoms with Crippen molar-refractivity contribution in [3.05, 3.63) is 69.8 Å². The molecule has 198 valence electrons. The first-order valence-electron chi connectivity index (χ1n) is 11.4. The summed E-state index contributed by atoms with van der Waals surface area (Å²) in [5.74, 6) is -2.69. The number of halogens is 5. The van der Waals surface area contributed by atoms with Gasteiger partial charge in [0.2, 0.25) is 15.9 Å². The molecule has 0 radical (unpaired) electrons. The van der Waals surface area contributed by atoms with E-state index in [1.807, 2.05) is 13.8 Å². The standard InChI is InChI=1S/C25H29F5N2O3S/c1-4-6-17-14-19(25(28,29)30)15-18(7-5-2)20(17)8-9-23(33)31-11-10-16-12-21(26)24(22(27)13-16)32-36(3,34)35/h8-9,12-15,32H,4-7,10-11H2,1-3H3,(H,31,33). The summed E-state index contributed by atoms with van der Waals surface area (Å²) in [4.78, 5) is 12.3. The highest BCUT2D eigenvalue weighted by Gasteiger charge is 2.31. The fraction of sp³-hybridized carbons (Fsp3) is 0.400. The first kappa shape index (κ1) is 29.3. The molecule has 1 amide bonds. The third-order valence-electron chi connectivity index (χ3n) is 5.22. The van der Waals surface area contributed by atoms with Gasteiger partial charge >= 0.3 is 6.18 Å². The van der Waals surface area contributed by atoms with Crippen molar-refractivity contribution in [1.82, 2.24) is 5.32 Å². The fourth-order valence-electron chi connectivity index (χ4n) is 3.71. The van der Waals surface area contributed by atoms with Gasteiger partial charge in [0.15, 0.2) is 11.6 Å². The number of aryl methyl sites for hydroxylation is 2. The van der Waals surface area contributed by atoms with Crippen LogP contribution < -0.4 is 10.0 Å². The van der Waals surface area contributed by atoms with Gasteiger partial charge in [-0.15, -0.1) is 0 Å².